The maximum Gasteiger partial charge on any atom is 0.0331 e. The van der Waals surface area contributed by atoms with E-state index in [4.69, 9.17) is 5.73 Å². The second-order valence-electron chi connectivity index (χ2n) is 3.81. The molecule has 15 heavy (non-hydrogen) atoms. The van der Waals surface area contributed by atoms with E-state index in [1.807, 2.05) is 11.3 Å². The Morgan fingerprint density at radius 1 is 1.53 bits per heavy atom. The second kappa shape index (κ2) is 6.71. The van der Waals surface area contributed by atoms with Crippen molar-refractivity contribution in [3.8, 4) is 0 Å². The average Bonchev–Trinajstić information content (AvgIpc) is 2.64. The largest absolute Gasteiger partial charge is 0.326 e. The van der Waals surface area contributed by atoms with Gasteiger partial charge in [0, 0.05) is 30.6 Å². The zero-order valence-electron chi connectivity index (χ0n) is 8.81. The summed E-state index contributed by atoms with van der Waals surface area (Å²) >= 11 is 1.86. The Bertz CT molecular complexity index is 291. The lowest BCUT2D eigenvalue weighted by atomic mass is 10.3. The van der Waals surface area contributed by atoms with E-state index in [9.17, 15) is 0 Å². The number of nitrogens with two attached hydrogens (primary N) is 1. The van der Waals surface area contributed by atoms with Gasteiger partial charge in [0.1, 0.15) is 0 Å². The molecule has 0 bridgehead atoms. The molecule has 1 saturated heterocycles. The molecule has 2 heterocycles. The Balaban J connectivity index is 0.000000980. The van der Waals surface area contributed by atoms with Crippen LogP contribution in [0.2, 0.25) is 0 Å². The fourth-order valence-corrected chi connectivity index (χ4v) is 2.72. The first-order chi connectivity index (χ1) is 6.25. The fourth-order valence-electron chi connectivity index (χ4n) is 1.78. The third-order valence-electron chi connectivity index (χ3n) is 2.64. The van der Waals surface area contributed by atoms with Gasteiger partial charge in [-0.1, -0.05) is 0 Å². The van der Waals surface area contributed by atoms with Gasteiger partial charge in [-0.15, -0.1) is 36.2 Å². The maximum atomic E-state index is 5.85. The molecule has 0 amide bonds. The van der Waals surface area contributed by atoms with Crippen molar-refractivity contribution in [3.63, 3.8) is 0 Å². The molecule has 0 aliphatic carbocycles. The minimum absolute atomic E-state index is 0. The summed E-state index contributed by atoms with van der Waals surface area (Å²) in [6.45, 7) is 5.51. The van der Waals surface area contributed by atoms with Crippen molar-refractivity contribution in [2.75, 3.05) is 13.1 Å². The molecule has 0 spiro atoms. The van der Waals surface area contributed by atoms with E-state index in [1.165, 1.54) is 17.0 Å². The molecule has 2 nitrogen and oxygen atoms in total. The molecule has 2 N–H and O–H groups in total. The number of halogens is 2. The Morgan fingerprint density at radius 3 is 2.73 bits per heavy atom. The number of aryl methyl sites for hydroxylation is 1. The van der Waals surface area contributed by atoms with Gasteiger partial charge in [0.25, 0.3) is 0 Å². The SMILES string of the molecule is Cc1ccsc1CN1CCC(N)C1.Cl.Cl. The minimum Gasteiger partial charge on any atom is -0.326 e. The maximum absolute atomic E-state index is 5.85. The van der Waals surface area contributed by atoms with E-state index in [-0.39, 0.29) is 24.8 Å². The van der Waals surface area contributed by atoms with Crippen molar-refractivity contribution < 1.29 is 0 Å². The summed E-state index contributed by atoms with van der Waals surface area (Å²) in [7, 11) is 0. The Morgan fingerprint density at radius 2 is 2.27 bits per heavy atom. The molecule has 2 rings (SSSR count). The summed E-state index contributed by atoms with van der Waals surface area (Å²) in [6, 6.07) is 2.59. The number of hydrogen-bond donors (Lipinski definition) is 1. The quantitative estimate of drug-likeness (QED) is 0.893. The smallest absolute Gasteiger partial charge is 0.0331 e. The van der Waals surface area contributed by atoms with Crippen LogP contribution in [0.15, 0.2) is 11.4 Å². The second-order valence-corrected chi connectivity index (χ2v) is 4.81. The molecule has 1 atom stereocenters. The van der Waals surface area contributed by atoms with Gasteiger partial charge >= 0.3 is 0 Å². The van der Waals surface area contributed by atoms with E-state index in [0.29, 0.717) is 6.04 Å². The van der Waals surface area contributed by atoms with Gasteiger partial charge in [-0.3, -0.25) is 4.90 Å². The zero-order valence-corrected chi connectivity index (χ0v) is 11.3. The molecular formula is C10H18Cl2N2S. The molecule has 1 aliphatic heterocycles. The summed E-state index contributed by atoms with van der Waals surface area (Å²) in [5, 5.41) is 2.17. The van der Waals surface area contributed by atoms with Crippen LogP contribution in [0.25, 0.3) is 0 Å². The Hall–Kier alpha value is 0.200. The molecule has 1 fully saturated rings. The molecule has 0 aromatic carbocycles. The van der Waals surface area contributed by atoms with E-state index in [2.05, 4.69) is 23.3 Å². The summed E-state index contributed by atoms with van der Waals surface area (Å²) in [6.07, 6.45) is 1.16. The lowest BCUT2D eigenvalue weighted by Gasteiger charge is -2.14. The highest BCUT2D eigenvalue weighted by Crippen LogP contribution is 2.19. The van der Waals surface area contributed by atoms with Crippen LogP contribution in [-0.2, 0) is 6.54 Å². The van der Waals surface area contributed by atoms with Crippen LogP contribution in [0, 0.1) is 6.92 Å². The lowest BCUT2D eigenvalue weighted by molar-refractivity contribution is 0.329. The van der Waals surface area contributed by atoms with Crippen molar-refractivity contribution >= 4 is 36.2 Å². The Labute approximate surface area is 108 Å². The first-order valence-electron chi connectivity index (χ1n) is 4.76. The zero-order chi connectivity index (χ0) is 9.26. The fraction of sp³-hybridized carbons (Fsp3) is 0.600. The van der Waals surface area contributed by atoms with E-state index < -0.39 is 0 Å². The van der Waals surface area contributed by atoms with Crippen molar-refractivity contribution in [1.82, 2.24) is 4.90 Å². The van der Waals surface area contributed by atoms with Crippen LogP contribution >= 0.6 is 36.2 Å². The lowest BCUT2D eigenvalue weighted by Crippen LogP contribution is -2.26. The number of rotatable bonds is 2. The predicted molar refractivity (Wildman–Crippen MR) is 71.4 cm³/mol. The third kappa shape index (κ3) is 3.93. The average molecular weight is 269 g/mol. The van der Waals surface area contributed by atoms with Crippen molar-refractivity contribution in [1.29, 1.82) is 0 Å². The first kappa shape index (κ1) is 15.2. The van der Waals surface area contributed by atoms with Crippen LogP contribution in [0.3, 0.4) is 0 Å². The van der Waals surface area contributed by atoms with Crippen molar-refractivity contribution in [2.24, 2.45) is 5.73 Å². The highest BCUT2D eigenvalue weighted by atomic mass is 35.5. The summed E-state index contributed by atoms with van der Waals surface area (Å²) in [5.74, 6) is 0. The normalized spacial score (nSPS) is 20.8. The van der Waals surface area contributed by atoms with Gasteiger partial charge in [-0.25, -0.2) is 0 Å². The molecular weight excluding hydrogens is 251 g/mol. The van der Waals surface area contributed by atoms with Gasteiger partial charge in [0.05, 0.1) is 0 Å². The molecule has 5 heteroatoms. The predicted octanol–water partition coefficient (Wildman–Crippen LogP) is 2.43. The van der Waals surface area contributed by atoms with Gasteiger partial charge in [0.2, 0.25) is 0 Å². The van der Waals surface area contributed by atoms with Crippen LogP contribution in [0.4, 0.5) is 0 Å². The van der Waals surface area contributed by atoms with Crippen LogP contribution in [0.5, 0.6) is 0 Å². The number of thiophene rings is 1. The minimum atomic E-state index is 0. The number of hydrogen-bond acceptors (Lipinski definition) is 3. The van der Waals surface area contributed by atoms with Crippen LogP contribution < -0.4 is 5.73 Å². The molecule has 1 aromatic heterocycles. The number of likely N-dealkylation sites (tertiary alicyclic amines) is 1. The van der Waals surface area contributed by atoms with E-state index in [1.54, 1.807) is 0 Å². The van der Waals surface area contributed by atoms with Gasteiger partial charge in [-0.05, 0) is 30.4 Å². The molecule has 0 radical (unpaired) electrons. The molecule has 1 aromatic rings. The highest BCUT2D eigenvalue weighted by Gasteiger charge is 2.19. The van der Waals surface area contributed by atoms with E-state index >= 15 is 0 Å². The molecule has 1 aliphatic rings. The standard InChI is InChI=1S/C10H16N2S.2ClH/c1-8-3-5-13-10(8)7-12-4-2-9(11)6-12;;/h3,5,9H,2,4,6-7,11H2,1H3;2*1H. The molecule has 1 unspecified atom stereocenters. The van der Waals surface area contributed by atoms with Crippen LogP contribution in [0.1, 0.15) is 16.9 Å². The van der Waals surface area contributed by atoms with E-state index in [0.717, 1.165) is 19.5 Å². The van der Waals surface area contributed by atoms with Crippen molar-refractivity contribution in [2.45, 2.75) is 25.9 Å². The highest BCUT2D eigenvalue weighted by molar-refractivity contribution is 7.10. The summed E-state index contributed by atoms with van der Waals surface area (Å²) < 4.78 is 0. The van der Waals surface area contributed by atoms with Gasteiger partial charge in [0.15, 0.2) is 0 Å². The van der Waals surface area contributed by atoms with Gasteiger partial charge < -0.3 is 5.73 Å². The summed E-state index contributed by atoms with van der Waals surface area (Å²) in [4.78, 5) is 3.94. The molecule has 0 saturated carbocycles. The topological polar surface area (TPSA) is 29.3 Å². The molecule has 88 valence electrons. The van der Waals surface area contributed by atoms with Gasteiger partial charge in [-0.2, -0.15) is 0 Å². The summed E-state index contributed by atoms with van der Waals surface area (Å²) in [5.41, 5.74) is 7.28. The Kier molecular flexibility index (Phi) is 6.80. The van der Waals surface area contributed by atoms with Crippen LogP contribution in [-0.4, -0.2) is 24.0 Å². The third-order valence-corrected chi connectivity index (χ3v) is 3.65. The van der Waals surface area contributed by atoms with Crippen molar-refractivity contribution in [3.05, 3.63) is 21.9 Å². The first-order valence-corrected chi connectivity index (χ1v) is 5.64. The monoisotopic (exact) mass is 268 g/mol. The number of nitrogens with zero attached hydrogens (tertiary/aromatic N) is 1.